The van der Waals surface area contributed by atoms with Crippen molar-refractivity contribution in [2.24, 2.45) is 5.92 Å². The number of carbonyl (C=O) groups excluding carboxylic acids is 1. The molecule has 2 atom stereocenters. The van der Waals surface area contributed by atoms with Crippen LogP contribution < -0.4 is 5.32 Å². The average molecular weight is 363 g/mol. The van der Waals surface area contributed by atoms with Crippen LogP contribution in [0.1, 0.15) is 43.6 Å². The molecule has 5 nitrogen and oxygen atoms in total. The number of hydrogen-bond acceptors (Lipinski definition) is 3. The van der Waals surface area contributed by atoms with E-state index in [1.165, 1.54) is 31.5 Å². The molecule has 3 rings (SSSR count). The minimum Gasteiger partial charge on any atom is -0.505 e. The Labute approximate surface area is 155 Å². The molecule has 144 valence electrons. The van der Waals surface area contributed by atoms with Gasteiger partial charge in [-0.15, -0.1) is 0 Å². The minimum atomic E-state index is -0.604. The van der Waals surface area contributed by atoms with Crippen LogP contribution in [0.3, 0.4) is 0 Å². The van der Waals surface area contributed by atoms with Crippen molar-refractivity contribution in [2.45, 2.75) is 38.0 Å². The molecule has 2 aliphatic rings. The number of hydrogen-bond donors (Lipinski definition) is 2. The molecule has 26 heavy (non-hydrogen) atoms. The van der Waals surface area contributed by atoms with Crippen LogP contribution in [0.2, 0.25) is 0 Å². The topological polar surface area (TPSA) is 55.8 Å². The van der Waals surface area contributed by atoms with Gasteiger partial charge in [0.25, 0.3) is 0 Å². The van der Waals surface area contributed by atoms with E-state index in [2.05, 4.69) is 17.3 Å². The lowest BCUT2D eigenvalue weighted by Gasteiger charge is -2.33. The number of halogens is 1. The Bertz CT molecular complexity index is 625. The Hall–Kier alpha value is -1.82. The molecule has 2 saturated heterocycles. The van der Waals surface area contributed by atoms with Crippen LogP contribution in [0.25, 0.3) is 0 Å². The van der Waals surface area contributed by atoms with Crippen molar-refractivity contribution in [3.05, 3.63) is 29.6 Å². The van der Waals surface area contributed by atoms with Gasteiger partial charge in [-0.05, 0) is 69.3 Å². The number of benzene rings is 1. The predicted octanol–water partition coefficient (Wildman–Crippen LogP) is 3.15. The van der Waals surface area contributed by atoms with Gasteiger partial charge in [-0.25, -0.2) is 9.18 Å². The lowest BCUT2D eigenvalue weighted by molar-refractivity contribution is 0.175. The number of urea groups is 1. The second kappa shape index (κ2) is 8.71. The molecule has 1 aromatic rings. The Morgan fingerprint density at radius 2 is 2.08 bits per heavy atom. The summed E-state index contributed by atoms with van der Waals surface area (Å²) < 4.78 is 13.3. The zero-order valence-corrected chi connectivity index (χ0v) is 15.6. The van der Waals surface area contributed by atoms with Crippen LogP contribution >= 0.6 is 0 Å². The van der Waals surface area contributed by atoms with Crippen LogP contribution in [-0.2, 0) is 0 Å². The first-order valence-corrected chi connectivity index (χ1v) is 9.72. The highest BCUT2D eigenvalue weighted by molar-refractivity contribution is 5.74. The van der Waals surface area contributed by atoms with Crippen molar-refractivity contribution in [1.29, 1.82) is 0 Å². The van der Waals surface area contributed by atoms with Crippen LogP contribution in [0.4, 0.5) is 9.18 Å². The summed E-state index contributed by atoms with van der Waals surface area (Å²) in [6.45, 7) is 4.38. The van der Waals surface area contributed by atoms with E-state index in [9.17, 15) is 14.3 Å². The fraction of sp³-hybridized carbons (Fsp3) is 0.650. The first-order chi connectivity index (χ1) is 12.5. The number of carbonyl (C=O) groups is 1. The standard InChI is InChI=1S/C20H30FN3O2/c1-23-10-2-4-15(13-23)8-9-22-20(26)24-11-3-5-17(14-24)16-6-7-18(21)19(25)12-16/h6-7,12,15,17,25H,2-5,8-11,13-14H2,1H3,(H,22,26). The molecule has 2 aliphatic heterocycles. The van der Waals surface area contributed by atoms with Gasteiger partial charge in [0.2, 0.25) is 0 Å². The SMILES string of the molecule is CN1CCCC(CCNC(=O)N2CCCC(c3ccc(F)c(O)c3)C2)C1. The number of amides is 2. The zero-order valence-electron chi connectivity index (χ0n) is 15.6. The van der Waals surface area contributed by atoms with Gasteiger partial charge in [0.05, 0.1) is 0 Å². The Morgan fingerprint density at radius 3 is 2.85 bits per heavy atom. The van der Waals surface area contributed by atoms with E-state index in [1.807, 2.05) is 4.90 Å². The van der Waals surface area contributed by atoms with Crippen molar-refractivity contribution in [1.82, 2.24) is 15.1 Å². The molecule has 0 bridgehead atoms. The predicted molar refractivity (Wildman–Crippen MR) is 99.8 cm³/mol. The van der Waals surface area contributed by atoms with Crippen molar-refractivity contribution in [3.63, 3.8) is 0 Å². The van der Waals surface area contributed by atoms with Gasteiger partial charge in [0.1, 0.15) is 0 Å². The van der Waals surface area contributed by atoms with Gasteiger partial charge in [-0.3, -0.25) is 0 Å². The van der Waals surface area contributed by atoms with Crippen LogP contribution in [0, 0.1) is 11.7 Å². The molecular formula is C20H30FN3O2. The van der Waals surface area contributed by atoms with Gasteiger partial charge < -0.3 is 20.2 Å². The summed E-state index contributed by atoms with van der Waals surface area (Å²) >= 11 is 0. The Morgan fingerprint density at radius 1 is 1.27 bits per heavy atom. The summed E-state index contributed by atoms with van der Waals surface area (Å²) in [5.74, 6) is -0.104. The van der Waals surface area contributed by atoms with E-state index in [4.69, 9.17) is 0 Å². The minimum absolute atomic E-state index is 0.00908. The number of nitrogens with zero attached hydrogens (tertiary/aromatic N) is 2. The largest absolute Gasteiger partial charge is 0.505 e. The molecule has 2 unspecified atom stereocenters. The third-order valence-electron chi connectivity index (χ3n) is 5.70. The van der Waals surface area contributed by atoms with Gasteiger partial charge >= 0.3 is 6.03 Å². The number of likely N-dealkylation sites (tertiary alicyclic amines) is 2. The molecule has 6 heteroatoms. The lowest BCUT2D eigenvalue weighted by Crippen LogP contribution is -2.45. The van der Waals surface area contributed by atoms with Gasteiger partial charge in [-0.1, -0.05) is 6.07 Å². The normalized spacial score (nSPS) is 24.5. The molecule has 0 radical (unpaired) electrons. The van der Waals surface area contributed by atoms with E-state index in [0.717, 1.165) is 44.5 Å². The second-order valence-corrected chi connectivity index (χ2v) is 7.79. The molecule has 2 heterocycles. The maximum atomic E-state index is 13.3. The fourth-order valence-electron chi connectivity index (χ4n) is 4.22. The molecule has 2 amide bonds. The van der Waals surface area contributed by atoms with Gasteiger partial charge in [-0.2, -0.15) is 0 Å². The van der Waals surface area contributed by atoms with E-state index in [1.54, 1.807) is 6.07 Å². The van der Waals surface area contributed by atoms with Crippen molar-refractivity contribution >= 4 is 6.03 Å². The number of phenols is 1. The van der Waals surface area contributed by atoms with Crippen LogP contribution in [-0.4, -0.2) is 60.7 Å². The highest BCUT2D eigenvalue weighted by Gasteiger charge is 2.25. The lowest BCUT2D eigenvalue weighted by atomic mass is 9.90. The summed E-state index contributed by atoms with van der Waals surface area (Å²) in [7, 11) is 2.16. The summed E-state index contributed by atoms with van der Waals surface area (Å²) in [6.07, 6.45) is 5.39. The van der Waals surface area contributed by atoms with E-state index in [-0.39, 0.29) is 17.7 Å². The Kier molecular flexibility index (Phi) is 6.35. The average Bonchev–Trinajstić information content (AvgIpc) is 2.64. The van der Waals surface area contributed by atoms with Crippen molar-refractivity contribution in [3.8, 4) is 5.75 Å². The van der Waals surface area contributed by atoms with E-state index < -0.39 is 5.82 Å². The van der Waals surface area contributed by atoms with Crippen LogP contribution in [0.15, 0.2) is 18.2 Å². The molecule has 2 N–H and O–H groups in total. The van der Waals surface area contributed by atoms with Gasteiger partial charge in [0, 0.05) is 32.1 Å². The van der Waals surface area contributed by atoms with E-state index >= 15 is 0 Å². The first kappa shape index (κ1) is 19.0. The highest BCUT2D eigenvalue weighted by Crippen LogP contribution is 2.30. The molecule has 2 fully saturated rings. The van der Waals surface area contributed by atoms with Crippen LogP contribution in [0.5, 0.6) is 5.75 Å². The number of aromatic hydroxyl groups is 1. The summed E-state index contributed by atoms with van der Waals surface area (Å²) in [6, 6.07) is 4.48. The summed E-state index contributed by atoms with van der Waals surface area (Å²) in [5.41, 5.74) is 0.895. The molecule has 0 spiro atoms. The highest BCUT2D eigenvalue weighted by atomic mass is 19.1. The van der Waals surface area contributed by atoms with Gasteiger partial charge in [0.15, 0.2) is 11.6 Å². The first-order valence-electron chi connectivity index (χ1n) is 9.72. The molecule has 0 aliphatic carbocycles. The zero-order chi connectivity index (χ0) is 18.5. The monoisotopic (exact) mass is 363 g/mol. The number of rotatable bonds is 4. The maximum absolute atomic E-state index is 13.3. The maximum Gasteiger partial charge on any atom is 0.317 e. The van der Waals surface area contributed by atoms with Crippen molar-refractivity contribution in [2.75, 3.05) is 39.8 Å². The molecule has 0 aromatic heterocycles. The van der Waals surface area contributed by atoms with E-state index in [0.29, 0.717) is 12.5 Å². The number of nitrogens with one attached hydrogen (secondary N) is 1. The molecule has 1 aromatic carbocycles. The number of piperidine rings is 2. The van der Waals surface area contributed by atoms with Crippen molar-refractivity contribution < 1.29 is 14.3 Å². The third-order valence-corrected chi connectivity index (χ3v) is 5.70. The quantitative estimate of drug-likeness (QED) is 0.864. The summed E-state index contributed by atoms with van der Waals surface area (Å²) in [5, 5.41) is 12.7. The fourth-order valence-corrected chi connectivity index (χ4v) is 4.22. The smallest absolute Gasteiger partial charge is 0.317 e. The molecular weight excluding hydrogens is 333 g/mol. The Balaban J connectivity index is 1.47. The third kappa shape index (κ3) is 4.87. The molecule has 0 saturated carbocycles. The second-order valence-electron chi connectivity index (χ2n) is 7.79. The summed E-state index contributed by atoms with van der Waals surface area (Å²) in [4.78, 5) is 16.7. The number of phenolic OH excluding ortho intramolecular Hbond substituents is 1.